The maximum absolute atomic E-state index is 12.9. The lowest BCUT2D eigenvalue weighted by Gasteiger charge is -2.31. The molecular formula is C12H18F3N5O2S. The summed E-state index contributed by atoms with van der Waals surface area (Å²) in [5, 5.41) is 2.63. The lowest BCUT2D eigenvalue weighted by molar-refractivity contribution is -0.137. The number of hydrogen-bond acceptors (Lipinski definition) is 6. The fraction of sp³-hybridized carbons (Fsp3) is 0.667. The van der Waals surface area contributed by atoms with Gasteiger partial charge in [0.05, 0.1) is 6.26 Å². The number of halogens is 3. The number of nitrogens with one attached hydrogen (secondary N) is 1. The third-order valence-electron chi connectivity index (χ3n) is 3.62. The lowest BCUT2D eigenvalue weighted by Crippen LogP contribution is -2.41. The van der Waals surface area contributed by atoms with E-state index in [4.69, 9.17) is 5.73 Å². The van der Waals surface area contributed by atoms with E-state index in [1.165, 1.54) is 4.31 Å². The first-order valence-electron chi connectivity index (χ1n) is 6.96. The molecule has 11 heteroatoms. The van der Waals surface area contributed by atoms with Gasteiger partial charge in [0.25, 0.3) is 0 Å². The molecule has 1 unspecified atom stereocenters. The van der Waals surface area contributed by atoms with Crippen molar-refractivity contribution in [3.05, 3.63) is 11.8 Å². The molecule has 0 saturated carbocycles. The Morgan fingerprint density at radius 3 is 2.78 bits per heavy atom. The molecule has 2 heterocycles. The van der Waals surface area contributed by atoms with Crippen molar-refractivity contribution in [2.75, 3.05) is 36.9 Å². The van der Waals surface area contributed by atoms with Gasteiger partial charge < -0.3 is 11.1 Å². The molecule has 1 atom stereocenters. The summed E-state index contributed by atoms with van der Waals surface area (Å²) in [6, 6.07) is 0. The van der Waals surface area contributed by atoms with Crippen LogP contribution in [0.2, 0.25) is 0 Å². The molecule has 0 amide bonds. The third kappa shape index (κ3) is 4.67. The van der Waals surface area contributed by atoms with Gasteiger partial charge in [0, 0.05) is 25.8 Å². The highest BCUT2D eigenvalue weighted by molar-refractivity contribution is 7.88. The molecule has 0 aromatic carbocycles. The number of nitrogens with two attached hydrogens (primary N) is 1. The Labute approximate surface area is 132 Å². The number of sulfonamides is 1. The molecule has 1 aromatic rings. The van der Waals surface area contributed by atoms with E-state index >= 15 is 0 Å². The molecule has 7 nitrogen and oxygen atoms in total. The minimum absolute atomic E-state index is 0.101. The number of nitrogens with zero attached hydrogens (tertiary/aromatic N) is 3. The quantitative estimate of drug-likeness (QED) is 0.842. The number of nitrogen functional groups attached to an aromatic ring is 1. The van der Waals surface area contributed by atoms with Gasteiger partial charge in [0.15, 0.2) is 0 Å². The maximum Gasteiger partial charge on any atom is 0.421 e. The van der Waals surface area contributed by atoms with Crippen LogP contribution in [0, 0.1) is 5.92 Å². The van der Waals surface area contributed by atoms with Crippen LogP contribution in [0.25, 0.3) is 0 Å². The van der Waals surface area contributed by atoms with Gasteiger partial charge >= 0.3 is 6.18 Å². The number of rotatable bonds is 4. The Bertz CT molecular complexity index is 665. The first-order valence-corrected chi connectivity index (χ1v) is 8.81. The molecule has 3 N–H and O–H groups in total. The summed E-state index contributed by atoms with van der Waals surface area (Å²) < 4.78 is 63.2. The average Bonchev–Trinajstić information content (AvgIpc) is 2.43. The third-order valence-corrected chi connectivity index (χ3v) is 4.89. The molecule has 1 saturated heterocycles. The Hall–Kier alpha value is -1.62. The van der Waals surface area contributed by atoms with E-state index in [-0.39, 0.29) is 30.8 Å². The smallest absolute Gasteiger partial charge is 0.369 e. The molecule has 1 fully saturated rings. The zero-order valence-electron chi connectivity index (χ0n) is 12.5. The predicted molar refractivity (Wildman–Crippen MR) is 79.1 cm³/mol. The number of hydrogen-bond donors (Lipinski definition) is 2. The summed E-state index contributed by atoms with van der Waals surface area (Å²) in [6.07, 6.45) is -1.45. The highest BCUT2D eigenvalue weighted by atomic mass is 32.2. The van der Waals surface area contributed by atoms with Crippen molar-refractivity contribution in [3.63, 3.8) is 0 Å². The molecule has 0 spiro atoms. The van der Waals surface area contributed by atoms with Gasteiger partial charge in [-0.1, -0.05) is 0 Å². The molecule has 0 aliphatic carbocycles. The van der Waals surface area contributed by atoms with Crippen LogP contribution in [0.4, 0.5) is 24.9 Å². The van der Waals surface area contributed by atoms with Crippen molar-refractivity contribution < 1.29 is 21.6 Å². The van der Waals surface area contributed by atoms with E-state index in [0.717, 1.165) is 12.7 Å². The monoisotopic (exact) mass is 353 g/mol. The van der Waals surface area contributed by atoms with E-state index in [0.29, 0.717) is 19.2 Å². The van der Waals surface area contributed by atoms with Gasteiger partial charge in [-0.25, -0.2) is 17.7 Å². The number of aromatic nitrogens is 2. The van der Waals surface area contributed by atoms with E-state index < -0.39 is 21.8 Å². The first kappa shape index (κ1) is 17.7. The van der Waals surface area contributed by atoms with Gasteiger partial charge in [-0.3, -0.25) is 0 Å². The van der Waals surface area contributed by atoms with Crippen LogP contribution in [-0.4, -0.2) is 48.6 Å². The first-order chi connectivity index (χ1) is 10.6. The zero-order chi connectivity index (χ0) is 17.3. The molecule has 1 aromatic heterocycles. The number of piperidine rings is 1. The average molecular weight is 353 g/mol. The Morgan fingerprint density at radius 2 is 2.17 bits per heavy atom. The van der Waals surface area contributed by atoms with Crippen molar-refractivity contribution in [1.82, 2.24) is 14.3 Å². The topological polar surface area (TPSA) is 101 Å². The van der Waals surface area contributed by atoms with Gasteiger partial charge in [-0.15, -0.1) is 0 Å². The molecule has 23 heavy (non-hydrogen) atoms. The van der Waals surface area contributed by atoms with E-state index in [2.05, 4.69) is 15.3 Å². The Balaban J connectivity index is 2.08. The van der Waals surface area contributed by atoms with Crippen molar-refractivity contribution >= 4 is 21.8 Å². The molecule has 130 valence electrons. The predicted octanol–water partition coefficient (Wildman–Crippen LogP) is 1.16. The largest absolute Gasteiger partial charge is 0.421 e. The van der Waals surface area contributed by atoms with Crippen molar-refractivity contribution in [2.45, 2.75) is 19.0 Å². The zero-order valence-corrected chi connectivity index (χ0v) is 13.3. The van der Waals surface area contributed by atoms with Crippen LogP contribution < -0.4 is 11.1 Å². The lowest BCUT2D eigenvalue weighted by atomic mass is 10.00. The van der Waals surface area contributed by atoms with Crippen molar-refractivity contribution in [2.24, 2.45) is 5.92 Å². The SMILES string of the molecule is CS(=O)(=O)N1CCCC(CNc2nc(N)ncc2C(F)(F)F)C1. The fourth-order valence-electron chi connectivity index (χ4n) is 2.47. The Kier molecular flexibility index (Phi) is 4.99. The maximum atomic E-state index is 12.9. The summed E-state index contributed by atoms with van der Waals surface area (Å²) in [4.78, 5) is 6.96. The second-order valence-electron chi connectivity index (χ2n) is 5.50. The summed E-state index contributed by atoms with van der Waals surface area (Å²) in [5.41, 5.74) is 4.34. The van der Waals surface area contributed by atoms with Crippen LogP contribution in [0.3, 0.4) is 0 Å². The van der Waals surface area contributed by atoms with Crippen LogP contribution in [0.5, 0.6) is 0 Å². The second kappa shape index (κ2) is 6.48. The normalized spacial score (nSPS) is 20.4. The minimum atomic E-state index is -4.60. The summed E-state index contributed by atoms with van der Waals surface area (Å²) >= 11 is 0. The van der Waals surface area contributed by atoms with Gasteiger partial charge in [-0.2, -0.15) is 18.2 Å². The van der Waals surface area contributed by atoms with Crippen molar-refractivity contribution in [3.8, 4) is 0 Å². The van der Waals surface area contributed by atoms with Crippen LogP contribution in [-0.2, 0) is 16.2 Å². The minimum Gasteiger partial charge on any atom is -0.369 e. The summed E-state index contributed by atoms with van der Waals surface area (Å²) in [6.45, 7) is 0.878. The van der Waals surface area contributed by atoms with E-state index in [1.54, 1.807) is 0 Å². The molecular weight excluding hydrogens is 335 g/mol. The second-order valence-corrected chi connectivity index (χ2v) is 7.48. The molecule has 0 bridgehead atoms. The van der Waals surface area contributed by atoms with Crippen molar-refractivity contribution in [1.29, 1.82) is 0 Å². The van der Waals surface area contributed by atoms with Gasteiger partial charge in [0.1, 0.15) is 11.4 Å². The van der Waals surface area contributed by atoms with E-state index in [1.807, 2.05) is 0 Å². The highest BCUT2D eigenvalue weighted by Crippen LogP contribution is 2.33. The fourth-order valence-corrected chi connectivity index (χ4v) is 3.42. The summed E-state index contributed by atoms with van der Waals surface area (Å²) in [7, 11) is -3.30. The summed E-state index contributed by atoms with van der Waals surface area (Å²) in [5.74, 6) is -0.751. The van der Waals surface area contributed by atoms with Gasteiger partial charge in [0.2, 0.25) is 16.0 Å². The highest BCUT2D eigenvalue weighted by Gasteiger charge is 2.35. The van der Waals surface area contributed by atoms with Crippen LogP contribution in [0.15, 0.2) is 6.20 Å². The number of alkyl halides is 3. The van der Waals surface area contributed by atoms with Gasteiger partial charge in [-0.05, 0) is 18.8 Å². The Morgan fingerprint density at radius 1 is 1.48 bits per heavy atom. The van der Waals surface area contributed by atoms with E-state index in [9.17, 15) is 21.6 Å². The standard InChI is InChI=1S/C12H18F3N5O2S/c1-23(21,22)20-4-2-3-8(7-20)5-17-10-9(12(13,14)15)6-18-11(16)19-10/h6,8H,2-5,7H2,1H3,(H3,16,17,18,19). The molecule has 1 aliphatic rings. The molecule has 2 rings (SSSR count). The molecule has 1 aliphatic heterocycles. The molecule has 0 radical (unpaired) electrons. The van der Waals surface area contributed by atoms with Crippen LogP contribution in [0.1, 0.15) is 18.4 Å². The number of anilines is 2. The van der Waals surface area contributed by atoms with Crippen LogP contribution >= 0.6 is 0 Å².